The SMILES string of the molecule is Cc1ccc(N(c2ccc(C(=O)O)o2)c2nc3c(s2)C(C)(C)CCC3(C)C)cc1. The highest BCUT2D eigenvalue weighted by atomic mass is 32.1. The van der Waals surface area contributed by atoms with Gasteiger partial charge in [0.1, 0.15) is 0 Å². The molecule has 0 amide bonds. The zero-order chi connectivity index (χ0) is 21.0. The molecule has 2 aromatic heterocycles. The van der Waals surface area contributed by atoms with E-state index in [0.29, 0.717) is 5.88 Å². The van der Waals surface area contributed by atoms with E-state index in [1.165, 1.54) is 10.9 Å². The second-order valence-electron chi connectivity index (χ2n) is 9.06. The van der Waals surface area contributed by atoms with Crippen molar-refractivity contribution >= 4 is 34.0 Å². The largest absolute Gasteiger partial charge is 0.475 e. The highest BCUT2D eigenvalue weighted by Crippen LogP contribution is 2.51. The van der Waals surface area contributed by atoms with Crippen molar-refractivity contribution in [3.05, 3.63) is 58.3 Å². The molecule has 0 spiro atoms. The van der Waals surface area contributed by atoms with Gasteiger partial charge >= 0.3 is 5.97 Å². The second kappa shape index (κ2) is 6.73. The summed E-state index contributed by atoms with van der Waals surface area (Å²) in [7, 11) is 0. The Balaban J connectivity index is 1.89. The van der Waals surface area contributed by atoms with E-state index in [9.17, 15) is 9.90 Å². The second-order valence-corrected chi connectivity index (χ2v) is 10.0. The van der Waals surface area contributed by atoms with Crippen molar-refractivity contribution in [2.75, 3.05) is 4.90 Å². The minimum atomic E-state index is -1.08. The zero-order valence-corrected chi connectivity index (χ0v) is 18.3. The fourth-order valence-corrected chi connectivity index (χ4v) is 5.17. The summed E-state index contributed by atoms with van der Waals surface area (Å²) in [6, 6.07) is 11.3. The Labute approximate surface area is 175 Å². The van der Waals surface area contributed by atoms with E-state index < -0.39 is 5.97 Å². The monoisotopic (exact) mass is 410 g/mol. The lowest BCUT2D eigenvalue weighted by atomic mass is 9.69. The third kappa shape index (κ3) is 3.46. The number of benzene rings is 1. The van der Waals surface area contributed by atoms with Gasteiger partial charge in [0.15, 0.2) is 5.13 Å². The smallest absolute Gasteiger partial charge is 0.371 e. The van der Waals surface area contributed by atoms with E-state index in [1.807, 2.05) is 36.1 Å². The van der Waals surface area contributed by atoms with Gasteiger partial charge in [-0.1, -0.05) is 45.4 Å². The molecule has 0 bridgehead atoms. The van der Waals surface area contributed by atoms with Gasteiger partial charge in [-0.15, -0.1) is 11.3 Å². The first-order chi connectivity index (χ1) is 13.6. The van der Waals surface area contributed by atoms with Crippen molar-refractivity contribution in [1.29, 1.82) is 0 Å². The van der Waals surface area contributed by atoms with Crippen LogP contribution in [0.2, 0.25) is 0 Å². The number of aromatic nitrogens is 1. The highest BCUT2D eigenvalue weighted by Gasteiger charge is 2.41. The number of anilines is 3. The van der Waals surface area contributed by atoms with Crippen molar-refractivity contribution in [2.24, 2.45) is 0 Å². The fraction of sp³-hybridized carbons (Fsp3) is 0.391. The number of nitrogens with zero attached hydrogens (tertiary/aromatic N) is 2. The minimum absolute atomic E-state index is 0.00788. The van der Waals surface area contributed by atoms with Crippen molar-refractivity contribution < 1.29 is 14.3 Å². The Kier molecular flexibility index (Phi) is 4.57. The van der Waals surface area contributed by atoms with Crippen LogP contribution in [0.15, 0.2) is 40.8 Å². The summed E-state index contributed by atoms with van der Waals surface area (Å²) in [6.45, 7) is 11.1. The van der Waals surface area contributed by atoms with E-state index >= 15 is 0 Å². The number of carboxylic acids is 1. The number of carbonyl (C=O) groups is 1. The molecular formula is C23H26N2O3S. The van der Waals surface area contributed by atoms with Crippen molar-refractivity contribution in [2.45, 2.75) is 58.3 Å². The Bertz CT molecular complexity index is 1030. The van der Waals surface area contributed by atoms with Gasteiger partial charge in [-0.2, -0.15) is 0 Å². The molecule has 29 heavy (non-hydrogen) atoms. The number of hydrogen-bond acceptors (Lipinski definition) is 5. The molecule has 5 nitrogen and oxygen atoms in total. The number of rotatable bonds is 4. The van der Waals surface area contributed by atoms with E-state index in [0.717, 1.165) is 34.9 Å². The summed E-state index contributed by atoms with van der Waals surface area (Å²) in [5, 5.41) is 10.1. The van der Waals surface area contributed by atoms with Gasteiger partial charge in [0.2, 0.25) is 11.6 Å². The van der Waals surface area contributed by atoms with E-state index in [4.69, 9.17) is 9.40 Å². The number of furan rings is 1. The van der Waals surface area contributed by atoms with Crippen molar-refractivity contribution in [3.8, 4) is 0 Å². The molecule has 0 unspecified atom stereocenters. The lowest BCUT2D eigenvalue weighted by Gasteiger charge is -2.37. The Morgan fingerprint density at radius 1 is 1.07 bits per heavy atom. The number of aromatic carboxylic acids is 1. The zero-order valence-electron chi connectivity index (χ0n) is 17.4. The van der Waals surface area contributed by atoms with Crippen LogP contribution in [0.5, 0.6) is 0 Å². The fourth-order valence-electron chi connectivity index (χ4n) is 3.77. The summed E-state index contributed by atoms with van der Waals surface area (Å²) in [5.74, 6) is -0.715. The van der Waals surface area contributed by atoms with E-state index in [2.05, 4.69) is 27.7 Å². The van der Waals surface area contributed by atoms with Crippen LogP contribution in [0.3, 0.4) is 0 Å². The summed E-state index contributed by atoms with van der Waals surface area (Å²) in [6.07, 6.45) is 2.20. The topological polar surface area (TPSA) is 66.6 Å². The number of thiazole rings is 1. The standard InChI is InChI=1S/C23H26N2O3S/c1-14-6-8-15(9-7-14)25(17-11-10-16(28-17)20(26)27)21-24-18-19(29-21)23(4,5)13-12-22(18,2)3/h6-11H,12-13H2,1-5H3,(H,26,27). The van der Waals surface area contributed by atoms with Gasteiger partial charge < -0.3 is 9.52 Å². The molecule has 0 atom stereocenters. The first-order valence-electron chi connectivity index (χ1n) is 9.80. The average molecular weight is 411 g/mol. The lowest BCUT2D eigenvalue weighted by Crippen LogP contribution is -2.32. The molecule has 0 saturated heterocycles. The Hall–Kier alpha value is -2.60. The van der Waals surface area contributed by atoms with Crippen LogP contribution in [0.25, 0.3) is 0 Å². The van der Waals surface area contributed by atoms with Crippen molar-refractivity contribution in [3.63, 3.8) is 0 Å². The number of hydrogen-bond donors (Lipinski definition) is 1. The van der Waals surface area contributed by atoms with Gasteiger partial charge in [0, 0.05) is 21.8 Å². The van der Waals surface area contributed by atoms with Gasteiger partial charge in [-0.05, 0) is 38.0 Å². The van der Waals surface area contributed by atoms with Crippen LogP contribution < -0.4 is 4.90 Å². The summed E-state index contributed by atoms with van der Waals surface area (Å²) in [4.78, 5) is 19.6. The molecule has 6 heteroatoms. The van der Waals surface area contributed by atoms with E-state index in [1.54, 1.807) is 17.4 Å². The maximum absolute atomic E-state index is 11.4. The maximum Gasteiger partial charge on any atom is 0.371 e. The lowest BCUT2D eigenvalue weighted by molar-refractivity contribution is 0.0663. The Morgan fingerprint density at radius 2 is 1.72 bits per heavy atom. The summed E-state index contributed by atoms with van der Waals surface area (Å²) in [5.41, 5.74) is 3.25. The van der Waals surface area contributed by atoms with Crippen LogP contribution in [0.4, 0.5) is 16.7 Å². The molecule has 4 rings (SSSR count). The predicted octanol–water partition coefficient (Wildman–Crippen LogP) is 6.56. The molecule has 1 aromatic carbocycles. The molecule has 0 aliphatic heterocycles. The first-order valence-corrected chi connectivity index (χ1v) is 10.6. The van der Waals surface area contributed by atoms with E-state index in [-0.39, 0.29) is 16.6 Å². The van der Waals surface area contributed by atoms with Gasteiger partial charge in [0.05, 0.1) is 11.4 Å². The molecule has 152 valence electrons. The molecule has 1 aliphatic rings. The molecule has 3 aromatic rings. The third-order valence-corrected chi connectivity index (χ3v) is 7.16. The molecule has 0 radical (unpaired) electrons. The summed E-state index contributed by atoms with van der Waals surface area (Å²) >= 11 is 1.67. The van der Waals surface area contributed by atoms with Crippen LogP contribution in [-0.4, -0.2) is 16.1 Å². The van der Waals surface area contributed by atoms with Gasteiger partial charge in [0.25, 0.3) is 0 Å². The number of aryl methyl sites for hydroxylation is 1. The molecule has 0 saturated carbocycles. The average Bonchev–Trinajstić information content (AvgIpc) is 3.30. The quantitative estimate of drug-likeness (QED) is 0.527. The normalized spacial score (nSPS) is 17.0. The molecule has 1 N–H and O–H groups in total. The van der Waals surface area contributed by atoms with Crippen molar-refractivity contribution in [1.82, 2.24) is 4.98 Å². The van der Waals surface area contributed by atoms with Crippen LogP contribution in [-0.2, 0) is 10.8 Å². The first kappa shape index (κ1) is 19.7. The maximum atomic E-state index is 11.4. The predicted molar refractivity (Wildman–Crippen MR) is 116 cm³/mol. The molecule has 1 aliphatic carbocycles. The van der Waals surface area contributed by atoms with Crippen LogP contribution in [0.1, 0.15) is 67.2 Å². The van der Waals surface area contributed by atoms with Gasteiger partial charge in [-0.25, -0.2) is 9.78 Å². The minimum Gasteiger partial charge on any atom is -0.475 e. The number of fused-ring (bicyclic) bond motifs is 1. The van der Waals surface area contributed by atoms with Crippen LogP contribution in [0, 0.1) is 6.92 Å². The van der Waals surface area contributed by atoms with Gasteiger partial charge in [-0.3, -0.25) is 4.90 Å². The molecular weight excluding hydrogens is 384 g/mol. The molecule has 0 fully saturated rings. The summed E-state index contributed by atoms with van der Waals surface area (Å²) < 4.78 is 5.68. The Morgan fingerprint density at radius 3 is 2.31 bits per heavy atom. The number of carboxylic acid groups (broad SMARTS) is 1. The van der Waals surface area contributed by atoms with Crippen LogP contribution >= 0.6 is 11.3 Å². The molecule has 2 heterocycles. The third-order valence-electron chi connectivity index (χ3n) is 5.75. The highest BCUT2D eigenvalue weighted by molar-refractivity contribution is 7.16.